The number of amides is 4. The Morgan fingerprint density at radius 1 is 0.913 bits per heavy atom. The van der Waals surface area contributed by atoms with Gasteiger partial charge in [0.1, 0.15) is 6.04 Å². The molecule has 0 bridgehead atoms. The summed E-state index contributed by atoms with van der Waals surface area (Å²) in [5, 5.41) is 4.72. The molecule has 0 radical (unpaired) electrons. The summed E-state index contributed by atoms with van der Waals surface area (Å²) < 4.78 is 0. The largest absolute Gasteiger partial charge is 0.370 e. The zero-order chi connectivity index (χ0) is 17.8. The molecule has 0 aliphatic heterocycles. The zero-order valence-corrected chi connectivity index (χ0v) is 13.0. The van der Waals surface area contributed by atoms with E-state index >= 15 is 0 Å². The zero-order valence-electron chi connectivity index (χ0n) is 13.0. The van der Waals surface area contributed by atoms with E-state index in [2.05, 4.69) is 10.6 Å². The maximum absolute atomic E-state index is 12.0. The van der Waals surface area contributed by atoms with Crippen molar-refractivity contribution >= 4 is 23.6 Å². The van der Waals surface area contributed by atoms with E-state index in [4.69, 9.17) is 22.9 Å². The first-order valence-electron chi connectivity index (χ1n) is 7.38. The Labute approximate surface area is 134 Å². The van der Waals surface area contributed by atoms with Crippen LogP contribution in [0.5, 0.6) is 0 Å². The summed E-state index contributed by atoms with van der Waals surface area (Å²) in [6, 6.07) is -1.81. The Hall–Kier alpha value is -2.20. The first kappa shape index (κ1) is 20.8. The van der Waals surface area contributed by atoms with Gasteiger partial charge >= 0.3 is 0 Å². The molecular weight excluding hydrogens is 304 g/mol. The van der Waals surface area contributed by atoms with Gasteiger partial charge in [-0.25, -0.2) is 0 Å². The molecule has 0 saturated carbocycles. The molecule has 2 atom stereocenters. The first-order valence-corrected chi connectivity index (χ1v) is 7.38. The quantitative estimate of drug-likeness (QED) is 0.204. The van der Waals surface area contributed by atoms with Crippen LogP contribution in [0.15, 0.2) is 0 Å². The van der Waals surface area contributed by atoms with Gasteiger partial charge in [-0.1, -0.05) is 6.42 Å². The van der Waals surface area contributed by atoms with Crippen molar-refractivity contribution in [2.75, 3.05) is 13.1 Å². The Morgan fingerprint density at radius 3 is 2.09 bits per heavy atom. The van der Waals surface area contributed by atoms with Crippen molar-refractivity contribution in [3.8, 4) is 0 Å². The Bertz CT molecular complexity index is 429. The molecule has 0 aromatic rings. The summed E-state index contributed by atoms with van der Waals surface area (Å²) in [4.78, 5) is 45.5. The van der Waals surface area contributed by atoms with Crippen molar-refractivity contribution in [3.63, 3.8) is 0 Å². The van der Waals surface area contributed by atoms with Crippen LogP contribution in [0, 0.1) is 0 Å². The van der Waals surface area contributed by atoms with Crippen LogP contribution in [-0.4, -0.2) is 48.8 Å². The fraction of sp³-hybridized carbons (Fsp3) is 0.692. The number of unbranched alkanes of at least 4 members (excludes halogenated alkanes) is 1. The van der Waals surface area contributed by atoms with Crippen LogP contribution in [0.1, 0.15) is 32.1 Å². The Balaban J connectivity index is 4.59. The van der Waals surface area contributed by atoms with Gasteiger partial charge in [-0.3, -0.25) is 19.2 Å². The molecule has 4 amide bonds. The molecule has 0 heterocycles. The molecule has 0 saturated heterocycles. The molecule has 0 aromatic carbocycles. The third-order valence-electron chi connectivity index (χ3n) is 3.06. The second-order valence-corrected chi connectivity index (χ2v) is 5.14. The number of hydrogen-bond donors (Lipinski definition) is 6. The lowest BCUT2D eigenvalue weighted by Gasteiger charge is -2.20. The second kappa shape index (κ2) is 11.4. The lowest BCUT2D eigenvalue weighted by molar-refractivity contribution is -0.131. The van der Waals surface area contributed by atoms with E-state index in [0.29, 0.717) is 19.4 Å². The Kier molecular flexibility index (Phi) is 10.3. The van der Waals surface area contributed by atoms with Crippen molar-refractivity contribution < 1.29 is 19.2 Å². The summed E-state index contributed by atoms with van der Waals surface area (Å²) >= 11 is 0. The van der Waals surface area contributed by atoms with Crippen LogP contribution in [0.3, 0.4) is 0 Å². The number of carbonyl (C=O) groups is 4. The minimum Gasteiger partial charge on any atom is -0.370 e. The number of primary amides is 2. The SMILES string of the molecule is NCCCCC(N)C(=O)NC(CCC(N)=O)C(=O)NCC(N)=O. The normalized spacial score (nSPS) is 13.0. The highest BCUT2D eigenvalue weighted by Gasteiger charge is 2.24. The third kappa shape index (κ3) is 10.2. The number of nitrogens with two attached hydrogens (primary N) is 4. The topological polar surface area (TPSA) is 196 Å². The standard InChI is InChI=1S/C13H26N6O4/c14-6-2-1-3-8(15)12(22)19-9(4-5-10(16)20)13(23)18-7-11(17)21/h8-9H,1-7,14-15H2,(H2,16,20)(H2,17,21)(H,18,23)(H,19,22). The molecule has 2 unspecified atom stereocenters. The summed E-state index contributed by atoms with van der Waals surface area (Å²) in [5.41, 5.74) is 21.1. The molecule has 0 rings (SSSR count). The molecule has 132 valence electrons. The van der Waals surface area contributed by atoms with Gasteiger partial charge in [0.05, 0.1) is 12.6 Å². The van der Waals surface area contributed by atoms with Crippen molar-refractivity contribution in [2.45, 2.75) is 44.2 Å². The third-order valence-corrected chi connectivity index (χ3v) is 3.06. The Morgan fingerprint density at radius 2 is 1.57 bits per heavy atom. The summed E-state index contributed by atoms with van der Waals surface area (Å²) in [6.07, 6.45) is 1.75. The smallest absolute Gasteiger partial charge is 0.243 e. The molecule has 0 fully saturated rings. The molecule has 10 nitrogen and oxygen atoms in total. The molecule has 10 N–H and O–H groups in total. The number of rotatable bonds is 12. The van der Waals surface area contributed by atoms with Gasteiger partial charge in [-0.2, -0.15) is 0 Å². The summed E-state index contributed by atoms with van der Waals surface area (Å²) in [7, 11) is 0. The van der Waals surface area contributed by atoms with Crippen LogP contribution in [0.2, 0.25) is 0 Å². The van der Waals surface area contributed by atoms with Gasteiger partial charge in [0, 0.05) is 6.42 Å². The van der Waals surface area contributed by atoms with Crippen LogP contribution in [-0.2, 0) is 19.2 Å². The number of carbonyl (C=O) groups excluding carboxylic acids is 4. The molecule has 10 heteroatoms. The van der Waals surface area contributed by atoms with Gasteiger partial charge in [-0.05, 0) is 25.8 Å². The van der Waals surface area contributed by atoms with Crippen molar-refractivity contribution in [3.05, 3.63) is 0 Å². The van der Waals surface area contributed by atoms with Crippen LogP contribution < -0.4 is 33.6 Å². The fourth-order valence-corrected chi connectivity index (χ4v) is 1.77. The minimum absolute atomic E-state index is 0.00118. The van der Waals surface area contributed by atoms with Crippen molar-refractivity contribution in [1.82, 2.24) is 10.6 Å². The highest BCUT2D eigenvalue weighted by atomic mass is 16.2. The van der Waals surface area contributed by atoms with Gasteiger partial charge in [0.15, 0.2) is 0 Å². The van der Waals surface area contributed by atoms with E-state index in [1.807, 2.05) is 0 Å². The molecular formula is C13H26N6O4. The average molecular weight is 330 g/mol. The fourth-order valence-electron chi connectivity index (χ4n) is 1.77. The number of nitrogens with one attached hydrogen (secondary N) is 2. The lowest BCUT2D eigenvalue weighted by atomic mass is 10.1. The molecule has 0 aromatic heterocycles. The maximum atomic E-state index is 12.0. The van der Waals surface area contributed by atoms with E-state index in [9.17, 15) is 19.2 Å². The second-order valence-electron chi connectivity index (χ2n) is 5.14. The summed E-state index contributed by atoms with van der Waals surface area (Å²) in [5.74, 6) is -2.49. The van der Waals surface area contributed by atoms with E-state index in [1.54, 1.807) is 0 Å². The van der Waals surface area contributed by atoms with Crippen LogP contribution in [0.25, 0.3) is 0 Å². The van der Waals surface area contributed by atoms with Crippen molar-refractivity contribution in [1.29, 1.82) is 0 Å². The number of hydrogen-bond acceptors (Lipinski definition) is 6. The van der Waals surface area contributed by atoms with Gasteiger partial charge in [-0.15, -0.1) is 0 Å². The van der Waals surface area contributed by atoms with Crippen LogP contribution >= 0.6 is 0 Å². The highest BCUT2D eigenvalue weighted by Crippen LogP contribution is 2.02. The van der Waals surface area contributed by atoms with E-state index in [-0.39, 0.29) is 19.4 Å². The molecule has 0 spiro atoms. The summed E-state index contributed by atoms with van der Waals surface area (Å²) in [6.45, 7) is 0.134. The average Bonchev–Trinajstić information content (AvgIpc) is 2.48. The monoisotopic (exact) mass is 330 g/mol. The van der Waals surface area contributed by atoms with E-state index in [1.165, 1.54) is 0 Å². The predicted molar refractivity (Wildman–Crippen MR) is 83.4 cm³/mol. The maximum Gasteiger partial charge on any atom is 0.243 e. The van der Waals surface area contributed by atoms with Crippen molar-refractivity contribution in [2.24, 2.45) is 22.9 Å². The van der Waals surface area contributed by atoms with Gasteiger partial charge in [0.2, 0.25) is 23.6 Å². The molecule has 23 heavy (non-hydrogen) atoms. The minimum atomic E-state index is -1.02. The highest BCUT2D eigenvalue weighted by molar-refractivity contribution is 5.91. The van der Waals surface area contributed by atoms with E-state index < -0.39 is 35.7 Å². The van der Waals surface area contributed by atoms with E-state index in [0.717, 1.165) is 6.42 Å². The molecule has 0 aliphatic carbocycles. The lowest BCUT2D eigenvalue weighted by Crippen LogP contribution is -2.52. The van der Waals surface area contributed by atoms with Gasteiger partial charge in [0.25, 0.3) is 0 Å². The predicted octanol–water partition coefficient (Wildman–Crippen LogP) is -3.21. The van der Waals surface area contributed by atoms with Gasteiger partial charge < -0.3 is 33.6 Å². The van der Waals surface area contributed by atoms with Crippen LogP contribution in [0.4, 0.5) is 0 Å². The molecule has 0 aliphatic rings. The first-order chi connectivity index (χ1) is 10.8.